The van der Waals surface area contributed by atoms with E-state index in [1.54, 1.807) is 0 Å². The number of ether oxygens (including phenoxy) is 1. The number of Topliss-reactive ketones (excluding diaryl/α,β-unsaturated/α-hetero) is 1. The summed E-state index contributed by atoms with van der Waals surface area (Å²) in [6.07, 6.45) is 10.2. The Kier molecular flexibility index (Phi) is 3.85. The molecule has 0 spiro atoms. The third kappa shape index (κ3) is 2.15. The van der Waals surface area contributed by atoms with Crippen LogP contribution in [0.1, 0.15) is 78.6 Å². The van der Waals surface area contributed by atoms with Crippen molar-refractivity contribution in [2.24, 2.45) is 34.5 Å². The predicted octanol–water partition coefficient (Wildman–Crippen LogP) is 4.53. The molecule has 0 saturated heterocycles. The largest absolute Gasteiger partial charge is 0.462 e. The Morgan fingerprint density at radius 3 is 2.58 bits per heavy atom. The molecule has 0 aromatic rings. The third-order valence-corrected chi connectivity index (χ3v) is 8.68. The highest BCUT2D eigenvalue weighted by Crippen LogP contribution is 2.65. The fourth-order valence-corrected chi connectivity index (χ4v) is 7.43. The zero-order valence-electron chi connectivity index (χ0n) is 15.5. The predicted molar refractivity (Wildman–Crippen MR) is 92.3 cm³/mol. The summed E-state index contributed by atoms with van der Waals surface area (Å²) in [5, 5.41) is 0. The van der Waals surface area contributed by atoms with Gasteiger partial charge in [-0.05, 0) is 75.0 Å². The van der Waals surface area contributed by atoms with Crippen LogP contribution in [-0.2, 0) is 14.3 Å². The Morgan fingerprint density at radius 2 is 1.83 bits per heavy atom. The average Bonchev–Trinajstić information content (AvgIpc) is 2.85. The summed E-state index contributed by atoms with van der Waals surface area (Å²) in [7, 11) is 0. The molecule has 4 rings (SSSR count). The average molecular weight is 332 g/mol. The number of carbonyl (C=O) groups is 2. The first-order valence-corrected chi connectivity index (χ1v) is 10.1. The smallest absolute Gasteiger partial charge is 0.302 e. The van der Waals surface area contributed by atoms with Gasteiger partial charge < -0.3 is 4.74 Å². The van der Waals surface area contributed by atoms with Gasteiger partial charge in [0.1, 0.15) is 11.9 Å². The van der Waals surface area contributed by atoms with Crippen LogP contribution in [0.2, 0.25) is 0 Å². The van der Waals surface area contributed by atoms with Crippen molar-refractivity contribution in [2.45, 2.75) is 84.7 Å². The van der Waals surface area contributed by atoms with E-state index in [0.29, 0.717) is 29.5 Å². The molecule has 0 heterocycles. The first kappa shape index (κ1) is 16.6. The first-order valence-electron chi connectivity index (χ1n) is 10.1. The Hall–Kier alpha value is -0.860. The quantitative estimate of drug-likeness (QED) is 0.663. The zero-order chi connectivity index (χ0) is 17.1. The number of rotatable bonds is 1. The highest BCUT2D eigenvalue weighted by Gasteiger charge is 2.62. The van der Waals surface area contributed by atoms with Crippen LogP contribution in [0.25, 0.3) is 0 Å². The van der Waals surface area contributed by atoms with E-state index in [9.17, 15) is 9.59 Å². The van der Waals surface area contributed by atoms with Crippen LogP contribution in [0.15, 0.2) is 0 Å². The molecule has 0 unspecified atom stereocenters. The molecular formula is C21H32O3. The molecule has 0 radical (unpaired) electrons. The topological polar surface area (TPSA) is 43.4 Å². The highest BCUT2D eigenvalue weighted by molar-refractivity contribution is 5.86. The van der Waals surface area contributed by atoms with Crippen molar-refractivity contribution in [3.8, 4) is 0 Å². The van der Waals surface area contributed by atoms with Crippen LogP contribution >= 0.6 is 0 Å². The summed E-state index contributed by atoms with van der Waals surface area (Å²) in [6.45, 7) is 6.19. The van der Waals surface area contributed by atoms with Gasteiger partial charge in [-0.25, -0.2) is 0 Å². The minimum absolute atomic E-state index is 0.0674. The highest BCUT2D eigenvalue weighted by atomic mass is 16.5. The molecule has 4 saturated carbocycles. The summed E-state index contributed by atoms with van der Waals surface area (Å²) in [5.74, 6) is 2.89. The van der Waals surface area contributed by atoms with Gasteiger partial charge in [-0.15, -0.1) is 0 Å². The first-order chi connectivity index (χ1) is 11.4. The number of hydrogen-bond acceptors (Lipinski definition) is 3. The van der Waals surface area contributed by atoms with Crippen LogP contribution in [-0.4, -0.2) is 17.9 Å². The summed E-state index contributed by atoms with van der Waals surface area (Å²) in [4.78, 5) is 24.4. The number of ketones is 1. The van der Waals surface area contributed by atoms with E-state index < -0.39 is 0 Å². The minimum Gasteiger partial charge on any atom is -0.462 e. The monoisotopic (exact) mass is 332 g/mol. The van der Waals surface area contributed by atoms with Gasteiger partial charge in [0, 0.05) is 24.2 Å². The van der Waals surface area contributed by atoms with Gasteiger partial charge in [-0.2, -0.15) is 0 Å². The molecular weight excluding hydrogens is 300 g/mol. The summed E-state index contributed by atoms with van der Waals surface area (Å²) in [6, 6.07) is 0. The lowest BCUT2D eigenvalue weighted by Gasteiger charge is -2.59. The van der Waals surface area contributed by atoms with Gasteiger partial charge in [0.15, 0.2) is 0 Å². The Labute approximate surface area is 145 Å². The van der Waals surface area contributed by atoms with E-state index in [4.69, 9.17) is 4.74 Å². The molecule has 4 aliphatic rings. The van der Waals surface area contributed by atoms with Gasteiger partial charge in [-0.1, -0.05) is 13.8 Å². The van der Waals surface area contributed by atoms with Crippen LogP contribution < -0.4 is 0 Å². The maximum atomic E-state index is 12.9. The molecule has 134 valence electrons. The van der Waals surface area contributed by atoms with Crippen LogP contribution in [0.3, 0.4) is 0 Å². The Bertz CT molecular complexity index is 555. The fraction of sp³-hybridized carbons (Fsp3) is 0.905. The minimum atomic E-state index is -0.137. The van der Waals surface area contributed by atoms with Gasteiger partial charge in [0.25, 0.3) is 0 Å². The molecule has 0 aromatic heterocycles. The van der Waals surface area contributed by atoms with E-state index in [-0.39, 0.29) is 22.9 Å². The van der Waals surface area contributed by atoms with Crippen LogP contribution in [0, 0.1) is 34.5 Å². The van der Waals surface area contributed by atoms with E-state index in [1.165, 1.54) is 32.6 Å². The third-order valence-electron chi connectivity index (χ3n) is 8.68. The summed E-state index contributed by atoms with van der Waals surface area (Å²) in [5.41, 5.74) is 0.0652. The van der Waals surface area contributed by atoms with Crippen molar-refractivity contribution in [1.82, 2.24) is 0 Å². The molecule has 3 heteroatoms. The molecule has 0 aliphatic heterocycles. The Morgan fingerprint density at radius 1 is 1.04 bits per heavy atom. The van der Waals surface area contributed by atoms with Gasteiger partial charge >= 0.3 is 5.97 Å². The standard InChI is InChI=1S/C21H32O3/c1-13(22)24-19-10-9-16-15-8-7-14-5-4-6-18(23)21(14,3)17(15)11-12-20(16,19)2/h14-17,19H,4-12H2,1-3H3/t14-,15-,16-,17-,19-,20+,21+/m1/s1. The van der Waals surface area contributed by atoms with E-state index in [1.807, 2.05) is 0 Å². The molecule has 0 N–H and O–H groups in total. The molecule has 3 nitrogen and oxygen atoms in total. The molecule has 4 aliphatic carbocycles. The second kappa shape index (κ2) is 5.57. The molecule has 0 amide bonds. The Balaban J connectivity index is 1.62. The van der Waals surface area contributed by atoms with Crippen LogP contribution in [0.5, 0.6) is 0 Å². The van der Waals surface area contributed by atoms with E-state index >= 15 is 0 Å². The molecule has 24 heavy (non-hydrogen) atoms. The lowest BCUT2D eigenvalue weighted by Crippen LogP contribution is -2.56. The van der Waals surface area contributed by atoms with Crippen molar-refractivity contribution in [3.63, 3.8) is 0 Å². The number of esters is 1. The van der Waals surface area contributed by atoms with Gasteiger partial charge in [0.2, 0.25) is 0 Å². The van der Waals surface area contributed by atoms with Gasteiger partial charge in [-0.3, -0.25) is 9.59 Å². The van der Waals surface area contributed by atoms with Crippen molar-refractivity contribution >= 4 is 11.8 Å². The SMILES string of the molecule is CC(=O)O[C@@H]1CC[C@@H]2[C@H]3CC[C@H]4CCCC(=O)[C@]4(C)[C@@H]3CC[C@@]21C. The van der Waals surface area contributed by atoms with Crippen molar-refractivity contribution < 1.29 is 14.3 Å². The van der Waals surface area contributed by atoms with Gasteiger partial charge in [0.05, 0.1) is 0 Å². The maximum Gasteiger partial charge on any atom is 0.302 e. The second-order valence-electron chi connectivity index (χ2n) is 9.47. The number of fused-ring (bicyclic) bond motifs is 5. The number of carbonyl (C=O) groups excluding carboxylic acids is 2. The lowest BCUT2D eigenvalue weighted by atomic mass is 9.45. The van der Waals surface area contributed by atoms with Crippen LogP contribution in [0.4, 0.5) is 0 Å². The van der Waals surface area contributed by atoms with Crippen molar-refractivity contribution in [2.75, 3.05) is 0 Å². The van der Waals surface area contributed by atoms with E-state index in [0.717, 1.165) is 32.1 Å². The summed E-state index contributed by atoms with van der Waals surface area (Å²) < 4.78 is 5.71. The normalized spacial score (nSPS) is 50.6. The van der Waals surface area contributed by atoms with Crippen molar-refractivity contribution in [1.29, 1.82) is 0 Å². The number of hydrogen-bond donors (Lipinski definition) is 0. The van der Waals surface area contributed by atoms with E-state index in [2.05, 4.69) is 13.8 Å². The maximum absolute atomic E-state index is 12.9. The molecule has 4 fully saturated rings. The second-order valence-corrected chi connectivity index (χ2v) is 9.47. The lowest BCUT2D eigenvalue weighted by molar-refractivity contribution is -0.165. The molecule has 0 aromatic carbocycles. The zero-order valence-corrected chi connectivity index (χ0v) is 15.5. The molecule has 7 atom stereocenters. The fourth-order valence-electron chi connectivity index (χ4n) is 7.43. The summed E-state index contributed by atoms with van der Waals surface area (Å²) >= 11 is 0. The van der Waals surface area contributed by atoms with Crippen molar-refractivity contribution in [3.05, 3.63) is 0 Å². The molecule has 0 bridgehead atoms.